The summed E-state index contributed by atoms with van der Waals surface area (Å²) < 4.78 is 16.9. The van der Waals surface area contributed by atoms with Gasteiger partial charge in [0.05, 0.1) is 6.54 Å². The van der Waals surface area contributed by atoms with E-state index in [1.165, 1.54) is 0 Å². The molecule has 134 valence electrons. The van der Waals surface area contributed by atoms with Crippen LogP contribution in [0.15, 0.2) is 25.9 Å². The van der Waals surface area contributed by atoms with Gasteiger partial charge in [0.2, 0.25) is 0 Å². The van der Waals surface area contributed by atoms with Crippen molar-refractivity contribution in [1.82, 2.24) is 5.16 Å². The number of aryl methyl sites for hydroxylation is 3. The fraction of sp³-hybridized carbons (Fsp3) is 0.400. The Labute approximate surface area is 150 Å². The minimum atomic E-state index is -0.189. The minimum Gasteiger partial charge on any atom is -0.472 e. The average molecular weight is 352 g/mol. The number of anilines is 1. The van der Waals surface area contributed by atoms with Crippen molar-refractivity contribution < 1.29 is 13.7 Å². The van der Waals surface area contributed by atoms with Crippen molar-refractivity contribution in [3.05, 3.63) is 50.6 Å². The lowest BCUT2D eigenvalue weighted by atomic mass is 9.89. The number of aromatic nitrogens is 1. The predicted octanol–water partition coefficient (Wildman–Crippen LogP) is 3.63. The summed E-state index contributed by atoms with van der Waals surface area (Å²) in [6, 6.07) is 4.03. The van der Waals surface area contributed by atoms with E-state index in [0.29, 0.717) is 18.9 Å². The van der Waals surface area contributed by atoms with Crippen LogP contribution in [0.1, 0.15) is 40.9 Å². The van der Waals surface area contributed by atoms with Crippen molar-refractivity contribution in [2.75, 3.05) is 11.6 Å². The van der Waals surface area contributed by atoms with E-state index in [-0.39, 0.29) is 5.63 Å². The zero-order valence-corrected chi connectivity index (χ0v) is 14.9. The maximum atomic E-state index is 12.4. The van der Waals surface area contributed by atoms with Crippen molar-refractivity contribution >= 4 is 16.8 Å². The quantitative estimate of drug-likeness (QED) is 0.623. The zero-order chi connectivity index (χ0) is 17.8. The number of hydrogen-bond acceptors (Lipinski definition) is 6. The summed E-state index contributed by atoms with van der Waals surface area (Å²) in [5.41, 5.74) is 4.47. The largest absolute Gasteiger partial charge is 0.472 e. The molecule has 0 bridgehead atoms. The molecule has 5 rings (SSSR count). The Hall–Kier alpha value is -2.76. The third-order valence-corrected chi connectivity index (χ3v) is 5.44. The zero-order valence-electron chi connectivity index (χ0n) is 14.9. The minimum absolute atomic E-state index is 0.189. The summed E-state index contributed by atoms with van der Waals surface area (Å²) in [4.78, 5) is 14.4. The lowest BCUT2D eigenvalue weighted by Gasteiger charge is -2.30. The summed E-state index contributed by atoms with van der Waals surface area (Å²) in [5, 5.41) is 5.14. The van der Waals surface area contributed by atoms with Crippen LogP contribution in [-0.4, -0.2) is 11.9 Å². The van der Waals surface area contributed by atoms with Gasteiger partial charge in [-0.25, -0.2) is 4.79 Å². The van der Waals surface area contributed by atoms with Crippen LogP contribution in [0.2, 0.25) is 0 Å². The van der Waals surface area contributed by atoms with Gasteiger partial charge < -0.3 is 18.6 Å². The van der Waals surface area contributed by atoms with Gasteiger partial charge in [-0.1, -0.05) is 5.16 Å². The molecule has 6 heteroatoms. The number of nitrogens with zero attached hydrogens (tertiary/aromatic N) is 2. The van der Waals surface area contributed by atoms with E-state index >= 15 is 0 Å². The van der Waals surface area contributed by atoms with E-state index in [4.69, 9.17) is 13.7 Å². The molecule has 26 heavy (non-hydrogen) atoms. The Morgan fingerprint density at radius 2 is 1.92 bits per heavy atom. The van der Waals surface area contributed by atoms with Crippen LogP contribution in [0, 0.1) is 13.8 Å². The Bertz CT molecular complexity index is 1080. The van der Waals surface area contributed by atoms with Gasteiger partial charge in [0.15, 0.2) is 12.5 Å². The molecule has 0 spiro atoms. The third-order valence-electron chi connectivity index (χ3n) is 5.44. The second kappa shape index (κ2) is 5.62. The SMILES string of the molecule is Cc1cc(N2COc3c(cc4c5c(c(=O)oc4c3C)CCCC5)C2)no1. The lowest BCUT2D eigenvalue weighted by Crippen LogP contribution is -2.32. The Morgan fingerprint density at radius 1 is 1.12 bits per heavy atom. The van der Waals surface area contributed by atoms with Crippen molar-refractivity contribution in [2.45, 2.75) is 46.1 Å². The highest BCUT2D eigenvalue weighted by atomic mass is 16.5. The summed E-state index contributed by atoms with van der Waals surface area (Å²) in [6.45, 7) is 4.92. The van der Waals surface area contributed by atoms with Crippen LogP contribution < -0.4 is 15.3 Å². The lowest BCUT2D eigenvalue weighted by molar-refractivity contribution is 0.283. The molecule has 0 fully saturated rings. The van der Waals surface area contributed by atoms with Gasteiger partial charge in [0.1, 0.15) is 17.1 Å². The van der Waals surface area contributed by atoms with Crippen molar-refractivity contribution in [2.24, 2.45) is 0 Å². The first-order valence-electron chi connectivity index (χ1n) is 9.04. The fourth-order valence-corrected chi connectivity index (χ4v) is 4.15. The molecular weight excluding hydrogens is 332 g/mol. The topological polar surface area (TPSA) is 68.7 Å². The van der Waals surface area contributed by atoms with Gasteiger partial charge in [-0.05, 0) is 51.2 Å². The standard InChI is InChI=1S/C20H20N2O4/c1-11-7-17(21-26-11)22-9-13-8-16-14-5-3-4-6-15(14)20(23)25-19(16)12(2)18(13)24-10-22/h7-8H,3-6,9-10H2,1-2H3. The van der Waals surface area contributed by atoms with Crippen LogP contribution in [0.4, 0.5) is 5.82 Å². The highest BCUT2D eigenvalue weighted by molar-refractivity contribution is 5.87. The molecule has 0 saturated carbocycles. The molecule has 0 radical (unpaired) electrons. The number of hydrogen-bond donors (Lipinski definition) is 0. The molecule has 2 aromatic heterocycles. The molecule has 6 nitrogen and oxygen atoms in total. The Morgan fingerprint density at radius 3 is 2.69 bits per heavy atom. The third kappa shape index (κ3) is 2.25. The first kappa shape index (κ1) is 15.5. The van der Waals surface area contributed by atoms with Crippen LogP contribution in [0.3, 0.4) is 0 Å². The molecular formula is C20H20N2O4. The van der Waals surface area contributed by atoms with E-state index in [0.717, 1.165) is 70.7 Å². The Balaban J connectivity index is 1.67. The highest BCUT2D eigenvalue weighted by Gasteiger charge is 2.26. The Kier molecular flexibility index (Phi) is 3.35. The number of rotatable bonds is 1. The second-order valence-electron chi connectivity index (χ2n) is 7.19. The summed E-state index contributed by atoms with van der Waals surface area (Å²) in [5.74, 6) is 2.36. The average Bonchev–Trinajstić information content (AvgIpc) is 3.09. The second-order valence-corrected chi connectivity index (χ2v) is 7.19. The predicted molar refractivity (Wildman–Crippen MR) is 96.8 cm³/mol. The molecule has 1 aliphatic heterocycles. The number of benzene rings is 1. The summed E-state index contributed by atoms with van der Waals surface area (Å²) in [6.07, 6.45) is 3.91. The fourth-order valence-electron chi connectivity index (χ4n) is 4.15. The maximum Gasteiger partial charge on any atom is 0.339 e. The molecule has 0 amide bonds. The van der Waals surface area contributed by atoms with E-state index in [1.54, 1.807) is 0 Å². The van der Waals surface area contributed by atoms with Crippen molar-refractivity contribution in [3.8, 4) is 5.75 Å². The molecule has 0 N–H and O–H groups in total. The van der Waals surface area contributed by atoms with Crippen molar-refractivity contribution in [1.29, 1.82) is 0 Å². The van der Waals surface area contributed by atoms with Gasteiger partial charge in [-0.15, -0.1) is 0 Å². The monoisotopic (exact) mass is 352 g/mol. The first-order valence-corrected chi connectivity index (χ1v) is 9.04. The van der Waals surface area contributed by atoms with Gasteiger partial charge in [-0.2, -0.15) is 0 Å². The molecule has 2 aliphatic rings. The highest BCUT2D eigenvalue weighted by Crippen LogP contribution is 2.38. The molecule has 0 saturated heterocycles. The molecule has 1 aliphatic carbocycles. The van der Waals surface area contributed by atoms with E-state index in [1.807, 2.05) is 24.8 Å². The number of fused-ring (bicyclic) bond motifs is 4. The molecule has 3 aromatic rings. The smallest absolute Gasteiger partial charge is 0.339 e. The van der Waals surface area contributed by atoms with Gasteiger partial charge >= 0.3 is 5.63 Å². The summed E-state index contributed by atoms with van der Waals surface area (Å²) >= 11 is 0. The van der Waals surface area contributed by atoms with Crippen LogP contribution in [0.25, 0.3) is 11.0 Å². The van der Waals surface area contributed by atoms with Crippen LogP contribution in [-0.2, 0) is 19.4 Å². The van der Waals surface area contributed by atoms with Gasteiger partial charge in [0, 0.05) is 28.1 Å². The summed E-state index contributed by atoms with van der Waals surface area (Å²) in [7, 11) is 0. The number of ether oxygens (including phenoxy) is 1. The molecule has 0 atom stereocenters. The first-order chi connectivity index (χ1) is 12.6. The van der Waals surface area contributed by atoms with E-state index in [9.17, 15) is 4.79 Å². The van der Waals surface area contributed by atoms with E-state index in [2.05, 4.69) is 11.2 Å². The van der Waals surface area contributed by atoms with Crippen molar-refractivity contribution in [3.63, 3.8) is 0 Å². The molecule has 3 heterocycles. The normalized spacial score (nSPS) is 16.3. The maximum absolute atomic E-state index is 12.4. The van der Waals surface area contributed by atoms with E-state index < -0.39 is 0 Å². The molecule has 0 unspecified atom stereocenters. The molecule has 1 aromatic carbocycles. The van der Waals surface area contributed by atoms with Crippen LogP contribution in [0.5, 0.6) is 5.75 Å². The van der Waals surface area contributed by atoms with Crippen LogP contribution >= 0.6 is 0 Å². The van der Waals surface area contributed by atoms with Gasteiger partial charge in [0.25, 0.3) is 0 Å². The van der Waals surface area contributed by atoms with Gasteiger partial charge in [-0.3, -0.25) is 0 Å².